The third kappa shape index (κ3) is 4.90. The molecule has 0 aliphatic carbocycles. The Kier molecular flexibility index (Phi) is 6.36. The number of aromatic nitrogens is 3. The number of aryl methyl sites for hydroxylation is 1. The van der Waals surface area contributed by atoms with Gasteiger partial charge >= 0.3 is 0 Å². The molecule has 0 bridgehead atoms. The fourth-order valence-corrected chi connectivity index (χ4v) is 3.18. The van der Waals surface area contributed by atoms with Gasteiger partial charge in [-0.15, -0.1) is 10.2 Å². The number of halogens is 1. The first kappa shape index (κ1) is 18.5. The molecular weight excluding hydrogens is 366 g/mol. The number of nitrogens with zero attached hydrogens (tertiary/aromatic N) is 3. The van der Waals surface area contributed by atoms with Crippen molar-refractivity contribution in [2.75, 3.05) is 5.75 Å². The molecule has 3 aromatic rings. The highest BCUT2D eigenvalue weighted by Gasteiger charge is 2.09. The van der Waals surface area contributed by atoms with Crippen molar-refractivity contribution in [2.24, 2.45) is 7.05 Å². The van der Waals surface area contributed by atoms with E-state index in [9.17, 15) is 0 Å². The van der Waals surface area contributed by atoms with E-state index in [1.54, 1.807) is 11.8 Å². The maximum atomic E-state index is 6.04. The topological polar surface area (TPSA) is 39.9 Å². The van der Waals surface area contributed by atoms with Crippen molar-refractivity contribution in [1.82, 2.24) is 14.8 Å². The van der Waals surface area contributed by atoms with Crippen LogP contribution in [0.3, 0.4) is 0 Å². The first-order chi connectivity index (χ1) is 12.6. The molecule has 6 heteroatoms. The van der Waals surface area contributed by atoms with Crippen LogP contribution >= 0.6 is 23.4 Å². The van der Waals surface area contributed by atoms with Crippen molar-refractivity contribution in [3.8, 4) is 5.75 Å². The summed E-state index contributed by atoms with van der Waals surface area (Å²) in [6.45, 7) is 2.32. The van der Waals surface area contributed by atoms with Gasteiger partial charge in [0.2, 0.25) is 0 Å². The lowest BCUT2D eigenvalue weighted by Crippen LogP contribution is -2.04. The van der Waals surface area contributed by atoms with Crippen LogP contribution < -0.4 is 4.74 Å². The van der Waals surface area contributed by atoms with Gasteiger partial charge < -0.3 is 9.30 Å². The Balaban J connectivity index is 1.54. The fraction of sp³-hybridized carbons (Fsp3) is 0.200. The van der Waals surface area contributed by atoms with Gasteiger partial charge in [0.05, 0.1) is 0 Å². The zero-order chi connectivity index (χ0) is 18.4. The Morgan fingerprint density at radius 1 is 1.15 bits per heavy atom. The Morgan fingerprint density at radius 3 is 2.73 bits per heavy atom. The van der Waals surface area contributed by atoms with Crippen LogP contribution in [-0.2, 0) is 13.7 Å². The fourth-order valence-electron chi connectivity index (χ4n) is 2.32. The molecule has 0 saturated heterocycles. The Labute approximate surface area is 162 Å². The summed E-state index contributed by atoms with van der Waals surface area (Å²) >= 11 is 7.68. The summed E-state index contributed by atoms with van der Waals surface area (Å²) in [6, 6.07) is 15.9. The predicted molar refractivity (Wildman–Crippen MR) is 108 cm³/mol. The van der Waals surface area contributed by atoms with Crippen LogP contribution in [0.1, 0.15) is 17.0 Å². The van der Waals surface area contributed by atoms with E-state index in [0.29, 0.717) is 6.61 Å². The molecular formula is C20H20ClN3OS. The Morgan fingerprint density at radius 2 is 1.96 bits per heavy atom. The van der Waals surface area contributed by atoms with Crippen LogP contribution in [0.2, 0.25) is 5.02 Å². The molecule has 134 valence electrons. The summed E-state index contributed by atoms with van der Waals surface area (Å²) in [5, 5.41) is 10.1. The van der Waals surface area contributed by atoms with E-state index in [-0.39, 0.29) is 0 Å². The van der Waals surface area contributed by atoms with Gasteiger partial charge in [-0.25, -0.2) is 0 Å². The second-order valence-electron chi connectivity index (χ2n) is 5.78. The minimum absolute atomic E-state index is 0.366. The summed E-state index contributed by atoms with van der Waals surface area (Å²) in [5.41, 5.74) is 2.18. The molecule has 0 aliphatic heterocycles. The Hall–Kier alpha value is -2.24. The van der Waals surface area contributed by atoms with Gasteiger partial charge in [0.15, 0.2) is 11.0 Å². The van der Waals surface area contributed by atoms with Crippen molar-refractivity contribution in [2.45, 2.75) is 18.7 Å². The SMILES string of the molecule is Cc1cc(OCc2nnc(SC/C=C/c3ccccc3)n2C)ccc1Cl. The van der Waals surface area contributed by atoms with Gasteiger partial charge in [-0.3, -0.25) is 0 Å². The van der Waals surface area contributed by atoms with Gasteiger partial charge in [0.1, 0.15) is 12.4 Å². The molecule has 26 heavy (non-hydrogen) atoms. The summed E-state index contributed by atoms with van der Waals surface area (Å²) in [4.78, 5) is 0. The van der Waals surface area contributed by atoms with E-state index < -0.39 is 0 Å². The van der Waals surface area contributed by atoms with E-state index in [4.69, 9.17) is 16.3 Å². The summed E-state index contributed by atoms with van der Waals surface area (Å²) in [6.07, 6.45) is 4.23. The van der Waals surface area contributed by atoms with Crippen molar-refractivity contribution >= 4 is 29.4 Å². The molecule has 0 aliphatic rings. The second kappa shape index (κ2) is 8.92. The highest BCUT2D eigenvalue weighted by Crippen LogP contribution is 2.22. The van der Waals surface area contributed by atoms with Crippen molar-refractivity contribution in [3.05, 3.63) is 76.6 Å². The van der Waals surface area contributed by atoms with Gasteiger partial charge in [0, 0.05) is 17.8 Å². The quantitative estimate of drug-likeness (QED) is 0.526. The standard InChI is InChI=1S/C20H20ClN3OS/c1-15-13-17(10-11-18(15)21)25-14-19-22-23-20(24(19)2)26-12-6-9-16-7-4-3-5-8-16/h3-11,13H,12,14H2,1-2H3/b9-6+. The van der Waals surface area contributed by atoms with Crippen molar-refractivity contribution in [3.63, 3.8) is 0 Å². The van der Waals surface area contributed by atoms with Crippen LogP contribution in [0.5, 0.6) is 5.75 Å². The zero-order valence-electron chi connectivity index (χ0n) is 14.7. The third-order valence-electron chi connectivity index (χ3n) is 3.84. The Bertz CT molecular complexity index is 893. The van der Waals surface area contributed by atoms with E-state index in [0.717, 1.165) is 33.1 Å². The second-order valence-corrected chi connectivity index (χ2v) is 7.18. The van der Waals surface area contributed by atoms with Crippen LogP contribution in [0, 0.1) is 6.92 Å². The van der Waals surface area contributed by atoms with E-state index in [1.807, 2.05) is 54.9 Å². The van der Waals surface area contributed by atoms with Crippen molar-refractivity contribution in [1.29, 1.82) is 0 Å². The minimum atomic E-state index is 0.366. The first-order valence-corrected chi connectivity index (χ1v) is 9.61. The molecule has 1 aromatic heterocycles. The van der Waals surface area contributed by atoms with Gasteiger partial charge in [0.25, 0.3) is 0 Å². The molecule has 2 aromatic carbocycles. The lowest BCUT2D eigenvalue weighted by Gasteiger charge is -2.07. The van der Waals surface area contributed by atoms with Crippen LogP contribution in [0.4, 0.5) is 0 Å². The van der Waals surface area contributed by atoms with E-state index in [1.165, 1.54) is 5.56 Å². The highest BCUT2D eigenvalue weighted by atomic mass is 35.5. The monoisotopic (exact) mass is 385 g/mol. The first-order valence-electron chi connectivity index (χ1n) is 8.25. The third-order valence-corrected chi connectivity index (χ3v) is 5.24. The van der Waals surface area contributed by atoms with Gasteiger partial charge in [-0.2, -0.15) is 0 Å². The summed E-state index contributed by atoms with van der Waals surface area (Å²) in [7, 11) is 1.95. The summed E-state index contributed by atoms with van der Waals surface area (Å²) < 4.78 is 7.76. The molecule has 0 atom stereocenters. The summed E-state index contributed by atoms with van der Waals surface area (Å²) in [5.74, 6) is 2.39. The molecule has 4 nitrogen and oxygen atoms in total. The van der Waals surface area contributed by atoms with Crippen LogP contribution in [0.25, 0.3) is 6.08 Å². The van der Waals surface area contributed by atoms with E-state index in [2.05, 4.69) is 34.5 Å². The largest absolute Gasteiger partial charge is 0.486 e. The number of ether oxygens (including phenoxy) is 1. The van der Waals surface area contributed by atoms with Crippen LogP contribution in [0.15, 0.2) is 59.8 Å². The maximum Gasteiger partial charge on any atom is 0.191 e. The van der Waals surface area contributed by atoms with Gasteiger partial charge in [-0.1, -0.05) is 65.8 Å². The number of thioether (sulfide) groups is 1. The average Bonchev–Trinajstić information content (AvgIpc) is 3.00. The number of hydrogen-bond donors (Lipinski definition) is 0. The molecule has 0 fully saturated rings. The number of benzene rings is 2. The zero-order valence-corrected chi connectivity index (χ0v) is 16.3. The maximum absolute atomic E-state index is 6.04. The minimum Gasteiger partial charge on any atom is -0.486 e. The normalized spacial score (nSPS) is 11.2. The average molecular weight is 386 g/mol. The molecule has 0 amide bonds. The molecule has 0 N–H and O–H groups in total. The molecule has 0 saturated carbocycles. The number of hydrogen-bond acceptors (Lipinski definition) is 4. The lowest BCUT2D eigenvalue weighted by molar-refractivity contribution is 0.290. The molecule has 3 rings (SSSR count). The molecule has 0 unspecified atom stereocenters. The van der Waals surface area contributed by atoms with Crippen LogP contribution in [-0.4, -0.2) is 20.5 Å². The molecule has 1 heterocycles. The highest BCUT2D eigenvalue weighted by molar-refractivity contribution is 7.99. The molecule has 0 radical (unpaired) electrons. The van der Waals surface area contributed by atoms with Crippen molar-refractivity contribution < 1.29 is 4.74 Å². The molecule has 0 spiro atoms. The number of rotatable bonds is 7. The smallest absolute Gasteiger partial charge is 0.191 e. The lowest BCUT2D eigenvalue weighted by atomic mass is 10.2. The van der Waals surface area contributed by atoms with Gasteiger partial charge in [-0.05, 0) is 36.2 Å². The van der Waals surface area contributed by atoms with E-state index >= 15 is 0 Å². The predicted octanol–water partition coefficient (Wildman–Crippen LogP) is 5.16.